The number of nitrogens with zero attached hydrogens (tertiary/aromatic N) is 3. The fraction of sp³-hybridized carbons (Fsp3) is 0.235. The second-order valence-corrected chi connectivity index (χ2v) is 6.84. The van der Waals surface area contributed by atoms with Crippen LogP contribution in [0.25, 0.3) is 5.52 Å². The topological polar surface area (TPSA) is 101 Å². The second-order valence-electron chi connectivity index (χ2n) is 5.92. The van der Waals surface area contributed by atoms with Crippen molar-refractivity contribution in [2.45, 2.75) is 6.92 Å². The SMILES string of the molecule is C[C@H](CO)CONC(=O)c1ncc2cncn2c1Nc1ccc(Br)cc1F. The molecule has 0 aliphatic carbocycles. The minimum Gasteiger partial charge on any atom is -0.396 e. The van der Waals surface area contributed by atoms with E-state index in [1.807, 2.05) is 0 Å². The number of fused-ring (bicyclic) bond motifs is 1. The molecule has 0 bridgehead atoms. The molecule has 0 aliphatic heterocycles. The Morgan fingerprint density at radius 1 is 1.44 bits per heavy atom. The molecule has 0 saturated carbocycles. The number of rotatable bonds is 7. The van der Waals surface area contributed by atoms with Gasteiger partial charge >= 0.3 is 0 Å². The van der Waals surface area contributed by atoms with Crippen molar-refractivity contribution in [1.82, 2.24) is 19.8 Å². The lowest BCUT2D eigenvalue weighted by molar-refractivity contribution is 0.00977. The summed E-state index contributed by atoms with van der Waals surface area (Å²) in [6.07, 6.45) is 4.53. The Kier molecular flexibility index (Phi) is 5.99. The van der Waals surface area contributed by atoms with Crippen LogP contribution in [0.1, 0.15) is 17.4 Å². The maximum absolute atomic E-state index is 14.2. The Balaban J connectivity index is 1.91. The van der Waals surface area contributed by atoms with Crippen LogP contribution in [0.15, 0.2) is 41.4 Å². The number of benzene rings is 1. The number of anilines is 2. The predicted molar refractivity (Wildman–Crippen MR) is 100 cm³/mol. The summed E-state index contributed by atoms with van der Waals surface area (Å²) in [7, 11) is 0. The number of imidazole rings is 1. The van der Waals surface area contributed by atoms with Crippen molar-refractivity contribution in [2.24, 2.45) is 5.92 Å². The van der Waals surface area contributed by atoms with Gasteiger partial charge in [0.2, 0.25) is 0 Å². The molecule has 3 rings (SSSR count). The van der Waals surface area contributed by atoms with E-state index >= 15 is 0 Å². The van der Waals surface area contributed by atoms with E-state index in [4.69, 9.17) is 9.94 Å². The fourth-order valence-electron chi connectivity index (χ4n) is 2.25. The number of carbonyl (C=O) groups is 1. The van der Waals surface area contributed by atoms with E-state index in [2.05, 4.69) is 36.7 Å². The Hall–Kier alpha value is -2.56. The fourth-order valence-corrected chi connectivity index (χ4v) is 2.58. The maximum Gasteiger partial charge on any atom is 0.297 e. The van der Waals surface area contributed by atoms with Gasteiger partial charge in [-0.15, -0.1) is 0 Å². The summed E-state index contributed by atoms with van der Waals surface area (Å²) in [6, 6.07) is 4.52. The number of amides is 1. The Morgan fingerprint density at radius 3 is 3.00 bits per heavy atom. The molecule has 1 amide bonds. The van der Waals surface area contributed by atoms with Crippen molar-refractivity contribution in [3.8, 4) is 0 Å². The lowest BCUT2D eigenvalue weighted by Crippen LogP contribution is -2.28. The molecule has 1 aromatic carbocycles. The minimum atomic E-state index is -0.615. The van der Waals surface area contributed by atoms with Gasteiger partial charge in [-0.1, -0.05) is 22.9 Å². The van der Waals surface area contributed by atoms with Gasteiger partial charge in [0.05, 0.1) is 30.2 Å². The smallest absolute Gasteiger partial charge is 0.297 e. The molecule has 142 valence electrons. The molecule has 0 fully saturated rings. The lowest BCUT2D eigenvalue weighted by Gasteiger charge is -2.15. The number of hydroxylamine groups is 1. The third-order valence-electron chi connectivity index (χ3n) is 3.70. The number of carbonyl (C=O) groups excluding carboxylic acids is 1. The molecule has 2 aromatic heterocycles. The van der Waals surface area contributed by atoms with Crippen molar-refractivity contribution in [1.29, 1.82) is 0 Å². The summed E-state index contributed by atoms with van der Waals surface area (Å²) in [4.78, 5) is 25.8. The largest absolute Gasteiger partial charge is 0.396 e. The highest BCUT2D eigenvalue weighted by atomic mass is 79.9. The monoisotopic (exact) mass is 437 g/mol. The van der Waals surface area contributed by atoms with Crippen LogP contribution in [0.3, 0.4) is 0 Å². The van der Waals surface area contributed by atoms with Gasteiger partial charge in [-0.3, -0.25) is 14.0 Å². The van der Waals surface area contributed by atoms with Crippen LogP contribution in [-0.2, 0) is 4.84 Å². The molecule has 3 N–H and O–H groups in total. The van der Waals surface area contributed by atoms with Crippen molar-refractivity contribution in [3.63, 3.8) is 0 Å². The molecule has 8 nitrogen and oxygen atoms in total. The number of hydrogen-bond acceptors (Lipinski definition) is 6. The highest BCUT2D eigenvalue weighted by Gasteiger charge is 2.19. The zero-order valence-corrected chi connectivity index (χ0v) is 15.9. The van der Waals surface area contributed by atoms with Gasteiger partial charge in [0, 0.05) is 17.0 Å². The van der Waals surface area contributed by atoms with Gasteiger partial charge in [0.15, 0.2) is 5.69 Å². The van der Waals surface area contributed by atoms with Crippen molar-refractivity contribution in [3.05, 3.63) is 52.9 Å². The zero-order valence-electron chi connectivity index (χ0n) is 14.3. The molecule has 2 heterocycles. The van der Waals surface area contributed by atoms with Crippen LogP contribution in [-0.4, -0.2) is 38.6 Å². The Morgan fingerprint density at radius 2 is 2.26 bits per heavy atom. The predicted octanol–water partition coefficient (Wildman–Crippen LogP) is 2.66. The first-order chi connectivity index (χ1) is 13.0. The highest BCUT2D eigenvalue weighted by Crippen LogP contribution is 2.25. The summed E-state index contributed by atoms with van der Waals surface area (Å²) < 4.78 is 16.4. The third-order valence-corrected chi connectivity index (χ3v) is 4.20. The van der Waals surface area contributed by atoms with E-state index in [1.165, 1.54) is 24.7 Å². The van der Waals surface area contributed by atoms with E-state index in [1.54, 1.807) is 23.6 Å². The molecule has 0 unspecified atom stereocenters. The summed E-state index contributed by atoms with van der Waals surface area (Å²) >= 11 is 3.21. The first-order valence-corrected chi connectivity index (χ1v) is 8.85. The number of aliphatic hydroxyl groups is 1. The minimum absolute atomic E-state index is 0.000490. The maximum atomic E-state index is 14.2. The number of nitrogens with one attached hydrogen (secondary N) is 2. The number of hydrogen-bond donors (Lipinski definition) is 3. The van der Waals surface area contributed by atoms with Gasteiger partial charge in [-0.2, -0.15) is 0 Å². The molecular weight excluding hydrogens is 421 g/mol. The molecule has 10 heteroatoms. The van der Waals surface area contributed by atoms with E-state index in [-0.39, 0.29) is 36.3 Å². The first-order valence-electron chi connectivity index (χ1n) is 8.05. The molecule has 27 heavy (non-hydrogen) atoms. The molecule has 1 atom stereocenters. The standard InChI is InChI=1S/C17H17BrFN5O3/c1-10(7-25)8-27-23-17(26)15-16(24-9-20-5-12(24)6-21-15)22-14-3-2-11(18)4-13(14)19/h2-6,9-10,22,25H,7-8H2,1H3,(H,23,26)/t10-/m1/s1. The van der Waals surface area contributed by atoms with E-state index in [0.717, 1.165) is 0 Å². The van der Waals surface area contributed by atoms with Crippen LogP contribution >= 0.6 is 15.9 Å². The Labute approximate surface area is 162 Å². The van der Waals surface area contributed by atoms with Crippen molar-refractivity contribution in [2.75, 3.05) is 18.5 Å². The molecule has 0 radical (unpaired) electrons. The van der Waals surface area contributed by atoms with Crippen LogP contribution in [0.5, 0.6) is 0 Å². The quantitative estimate of drug-likeness (QED) is 0.491. The average Bonchev–Trinajstić information content (AvgIpc) is 3.12. The van der Waals surface area contributed by atoms with Crippen LogP contribution < -0.4 is 10.8 Å². The van der Waals surface area contributed by atoms with Crippen LogP contribution in [0.4, 0.5) is 15.9 Å². The van der Waals surface area contributed by atoms with Crippen molar-refractivity contribution < 1.29 is 19.1 Å². The lowest BCUT2D eigenvalue weighted by atomic mass is 10.2. The van der Waals surface area contributed by atoms with Crippen molar-refractivity contribution >= 4 is 38.9 Å². The summed E-state index contributed by atoms with van der Waals surface area (Å²) in [6.45, 7) is 1.84. The number of aromatic nitrogens is 3. The zero-order chi connectivity index (χ0) is 19.4. The van der Waals surface area contributed by atoms with E-state index in [9.17, 15) is 9.18 Å². The van der Waals surface area contributed by atoms with Crippen LogP contribution in [0.2, 0.25) is 0 Å². The highest BCUT2D eigenvalue weighted by molar-refractivity contribution is 9.10. The number of halogens is 2. The molecular formula is C17H17BrFN5O3. The molecule has 3 aromatic rings. The van der Waals surface area contributed by atoms with Gasteiger partial charge < -0.3 is 10.4 Å². The molecule has 0 spiro atoms. The average molecular weight is 438 g/mol. The third kappa shape index (κ3) is 4.41. The van der Waals surface area contributed by atoms with Crippen LogP contribution in [0, 0.1) is 11.7 Å². The second kappa shape index (κ2) is 8.42. The van der Waals surface area contributed by atoms with Gasteiger partial charge in [-0.25, -0.2) is 19.8 Å². The Bertz CT molecular complexity index is 965. The van der Waals surface area contributed by atoms with E-state index in [0.29, 0.717) is 9.99 Å². The normalized spacial score (nSPS) is 12.1. The summed E-state index contributed by atoms with van der Waals surface area (Å²) in [5, 5.41) is 11.9. The summed E-state index contributed by atoms with van der Waals surface area (Å²) in [5.74, 6) is -1.01. The van der Waals surface area contributed by atoms with Gasteiger partial charge in [-0.05, 0) is 18.2 Å². The molecule has 0 saturated heterocycles. The van der Waals surface area contributed by atoms with Gasteiger partial charge in [0.25, 0.3) is 5.91 Å². The van der Waals surface area contributed by atoms with E-state index < -0.39 is 11.7 Å². The number of aliphatic hydroxyl groups excluding tert-OH is 1. The van der Waals surface area contributed by atoms with Gasteiger partial charge in [0.1, 0.15) is 18.0 Å². The first kappa shape index (κ1) is 19.2. The summed E-state index contributed by atoms with van der Waals surface area (Å²) in [5.41, 5.74) is 3.08. The molecule has 0 aliphatic rings.